The average molecular weight is 331 g/mol. The maximum atomic E-state index is 11.0. The second kappa shape index (κ2) is 6.05. The molecule has 0 spiro atoms. The first-order chi connectivity index (χ1) is 11.0. The van der Waals surface area contributed by atoms with Crippen LogP contribution in [0.25, 0.3) is 5.65 Å². The first-order valence-corrected chi connectivity index (χ1v) is 7.00. The number of phenols is 1. The molecule has 8 heteroatoms. The van der Waals surface area contributed by atoms with Crippen molar-refractivity contribution in [2.45, 2.75) is 6.42 Å². The Hall–Kier alpha value is -2.93. The van der Waals surface area contributed by atoms with E-state index < -0.39 is 5.97 Å². The van der Waals surface area contributed by atoms with Gasteiger partial charge in [0.1, 0.15) is 11.4 Å². The Balaban J connectivity index is 2.09. The maximum Gasteiger partial charge on any atom is 0.309 e. The van der Waals surface area contributed by atoms with Gasteiger partial charge in [-0.25, -0.2) is 4.98 Å². The zero-order valence-electron chi connectivity index (χ0n) is 11.7. The van der Waals surface area contributed by atoms with Crippen molar-refractivity contribution in [2.24, 2.45) is 10.2 Å². The maximum absolute atomic E-state index is 11.0. The van der Waals surface area contributed by atoms with Crippen LogP contribution in [-0.2, 0) is 11.2 Å². The molecule has 0 aliphatic rings. The summed E-state index contributed by atoms with van der Waals surface area (Å²) < 4.78 is 1.58. The van der Waals surface area contributed by atoms with E-state index in [0.717, 1.165) is 0 Å². The fourth-order valence-electron chi connectivity index (χ4n) is 2.08. The van der Waals surface area contributed by atoms with Gasteiger partial charge in [0.15, 0.2) is 5.82 Å². The topological polar surface area (TPSA) is 99.5 Å². The van der Waals surface area contributed by atoms with Gasteiger partial charge in [0.25, 0.3) is 0 Å². The van der Waals surface area contributed by atoms with Crippen LogP contribution in [0.15, 0.2) is 52.8 Å². The van der Waals surface area contributed by atoms with Gasteiger partial charge in [0, 0.05) is 12.3 Å². The quantitative estimate of drug-likeness (QED) is 0.712. The summed E-state index contributed by atoms with van der Waals surface area (Å²) in [6.07, 6.45) is 1.31. The summed E-state index contributed by atoms with van der Waals surface area (Å²) in [7, 11) is 0. The molecule has 0 saturated carbocycles. The molecule has 0 aliphatic carbocycles. The summed E-state index contributed by atoms with van der Waals surface area (Å²) >= 11 is 5.97. The number of carboxylic acids is 1. The summed E-state index contributed by atoms with van der Waals surface area (Å²) in [5.41, 5.74) is 1.24. The van der Waals surface area contributed by atoms with Crippen LogP contribution in [-0.4, -0.2) is 25.6 Å². The fourth-order valence-corrected chi connectivity index (χ4v) is 2.24. The lowest BCUT2D eigenvalue weighted by molar-refractivity contribution is -0.136. The number of rotatable bonds is 4. The van der Waals surface area contributed by atoms with Gasteiger partial charge in [-0.15, -0.1) is 10.2 Å². The van der Waals surface area contributed by atoms with E-state index in [-0.39, 0.29) is 23.7 Å². The van der Waals surface area contributed by atoms with Crippen molar-refractivity contribution in [3.63, 3.8) is 0 Å². The van der Waals surface area contributed by atoms with E-state index >= 15 is 0 Å². The highest BCUT2D eigenvalue weighted by Gasteiger charge is 2.15. The van der Waals surface area contributed by atoms with Crippen molar-refractivity contribution in [2.75, 3.05) is 0 Å². The van der Waals surface area contributed by atoms with Gasteiger partial charge in [-0.1, -0.05) is 17.7 Å². The highest BCUT2D eigenvalue weighted by atomic mass is 35.5. The Kier molecular flexibility index (Phi) is 3.94. The first kappa shape index (κ1) is 15.0. The third kappa shape index (κ3) is 3.29. The zero-order chi connectivity index (χ0) is 16.4. The summed E-state index contributed by atoms with van der Waals surface area (Å²) in [6.45, 7) is 0. The van der Waals surface area contributed by atoms with Crippen LogP contribution in [0, 0.1) is 0 Å². The van der Waals surface area contributed by atoms with Crippen molar-refractivity contribution in [1.82, 2.24) is 9.38 Å². The zero-order valence-corrected chi connectivity index (χ0v) is 12.5. The Bertz CT molecular complexity index is 920. The van der Waals surface area contributed by atoms with Crippen LogP contribution in [0.2, 0.25) is 5.02 Å². The summed E-state index contributed by atoms with van der Waals surface area (Å²) in [6, 6.07) is 9.58. The van der Waals surface area contributed by atoms with Crippen molar-refractivity contribution in [3.8, 4) is 5.75 Å². The van der Waals surface area contributed by atoms with E-state index in [0.29, 0.717) is 16.4 Å². The average Bonchev–Trinajstić information content (AvgIpc) is 2.81. The number of aromatic hydroxyl groups is 1. The molecule has 0 fully saturated rings. The molecular weight excluding hydrogens is 320 g/mol. The number of carbonyl (C=O) groups is 1. The second-order valence-corrected chi connectivity index (χ2v) is 5.18. The van der Waals surface area contributed by atoms with Gasteiger partial charge in [-0.2, -0.15) is 0 Å². The highest BCUT2D eigenvalue weighted by molar-refractivity contribution is 6.30. The number of benzene rings is 1. The number of imidazole rings is 1. The first-order valence-electron chi connectivity index (χ1n) is 6.62. The van der Waals surface area contributed by atoms with Crippen molar-refractivity contribution in [3.05, 3.63) is 53.3 Å². The monoisotopic (exact) mass is 330 g/mol. The van der Waals surface area contributed by atoms with E-state index in [4.69, 9.17) is 16.7 Å². The number of aromatic nitrogens is 2. The van der Waals surface area contributed by atoms with Gasteiger partial charge < -0.3 is 10.2 Å². The predicted octanol–water partition coefficient (Wildman–Crippen LogP) is 3.74. The highest BCUT2D eigenvalue weighted by Crippen LogP contribution is 2.27. The minimum Gasteiger partial charge on any atom is -0.508 e. The number of nitrogens with zero attached hydrogens (tertiary/aromatic N) is 4. The molecule has 2 aromatic heterocycles. The lowest BCUT2D eigenvalue weighted by Crippen LogP contribution is -2.00. The Morgan fingerprint density at radius 1 is 1.26 bits per heavy atom. The Morgan fingerprint density at radius 2 is 2.09 bits per heavy atom. The molecule has 3 aromatic rings. The third-order valence-electron chi connectivity index (χ3n) is 3.04. The van der Waals surface area contributed by atoms with Crippen LogP contribution < -0.4 is 0 Å². The standard InChI is InChI=1S/C15H11ClN4O3/c16-9-4-5-13-17-12(7-14(22)23)15(20(13)8-9)19-18-10-2-1-3-11(21)6-10/h1-6,8,21H,7H2,(H,22,23). The normalized spacial score (nSPS) is 11.3. The molecule has 3 rings (SSSR count). The van der Waals surface area contributed by atoms with E-state index in [1.807, 2.05) is 0 Å². The van der Waals surface area contributed by atoms with Gasteiger partial charge in [-0.05, 0) is 24.3 Å². The number of halogens is 1. The van der Waals surface area contributed by atoms with Crippen LogP contribution in [0.4, 0.5) is 11.5 Å². The predicted molar refractivity (Wildman–Crippen MR) is 83.8 cm³/mol. The molecule has 0 aliphatic heterocycles. The summed E-state index contributed by atoms with van der Waals surface area (Å²) in [5, 5.41) is 27.0. The van der Waals surface area contributed by atoms with Crippen molar-refractivity contribution < 1.29 is 15.0 Å². The van der Waals surface area contributed by atoms with Crippen molar-refractivity contribution >= 4 is 34.7 Å². The van der Waals surface area contributed by atoms with Gasteiger partial charge in [0.2, 0.25) is 0 Å². The van der Waals surface area contributed by atoms with E-state index in [2.05, 4.69) is 15.2 Å². The molecular formula is C15H11ClN4O3. The molecule has 1 aromatic carbocycles. The van der Waals surface area contributed by atoms with Gasteiger partial charge in [-0.3, -0.25) is 9.20 Å². The molecule has 2 N–H and O–H groups in total. The van der Waals surface area contributed by atoms with Crippen LogP contribution in [0.1, 0.15) is 5.69 Å². The second-order valence-electron chi connectivity index (χ2n) is 4.75. The number of fused-ring (bicyclic) bond motifs is 1. The molecule has 0 bridgehead atoms. The largest absolute Gasteiger partial charge is 0.508 e. The minimum absolute atomic E-state index is 0.0633. The van der Waals surface area contributed by atoms with E-state index in [1.165, 1.54) is 12.1 Å². The number of pyridine rings is 1. The minimum atomic E-state index is -1.02. The number of phenolic OH excluding ortho intramolecular Hbond substituents is 1. The molecule has 2 heterocycles. The number of azo groups is 1. The number of aliphatic carboxylic acids is 1. The van der Waals surface area contributed by atoms with Gasteiger partial charge >= 0.3 is 5.97 Å². The molecule has 0 unspecified atom stereocenters. The number of hydrogen-bond donors (Lipinski definition) is 2. The molecule has 23 heavy (non-hydrogen) atoms. The SMILES string of the molecule is O=C(O)Cc1nc2ccc(Cl)cn2c1N=Nc1cccc(O)c1. The molecule has 116 valence electrons. The molecule has 7 nitrogen and oxygen atoms in total. The van der Waals surface area contributed by atoms with Crippen LogP contribution in [0.5, 0.6) is 5.75 Å². The van der Waals surface area contributed by atoms with E-state index in [9.17, 15) is 9.90 Å². The molecule has 0 atom stereocenters. The Morgan fingerprint density at radius 3 is 2.83 bits per heavy atom. The molecule has 0 radical (unpaired) electrons. The van der Waals surface area contributed by atoms with Crippen LogP contribution >= 0.6 is 11.6 Å². The van der Waals surface area contributed by atoms with Gasteiger partial charge in [0.05, 0.1) is 22.8 Å². The summed E-state index contributed by atoms with van der Waals surface area (Å²) in [4.78, 5) is 15.2. The lowest BCUT2D eigenvalue weighted by Gasteiger charge is -1.98. The summed E-state index contributed by atoms with van der Waals surface area (Å²) in [5.74, 6) is -0.671. The van der Waals surface area contributed by atoms with Crippen LogP contribution in [0.3, 0.4) is 0 Å². The molecule has 0 amide bonds. The third-order valence-corrected chi connectivity index (χ3v) is 3.26. The Labute approximate surface area is 135 Å². The fraction of sp³-hybridized carbons (Fsp3) is 0.0667. The number of hydrogen-bond acceptors (Lipinski definition) is 5. The lowest BCUT2D eigenvalue weighted by atomic mass is 10.3. The smallest absolute Gasteiger partial charge is 0.309 e. The van der Waals surface area contributed by atoms with Crippen molar-refractivity contribution in [1.29, 1.82) is 0 Å². The van der Waals surface area contributed by atoms with E-state index in [1.54, 1.807) is 34.9 Å². The molecule has 0 saturated heterocycles. The number of carboxylic acid groups (broad SMARTS) is 1.